The molecule has 1 aromatic rings. The van der Waals surface area contributed by atoms with Gasteiger partial charge in [-0.1, -0.05) is 60.5 Å². The second-order valence-corrected chi connectivity index (χ2v) is 6.02. The molecule has 0 aliphatic heterocycles. The topological polar surface area (TPSA) is 0 Å². The maximum Gasteiger partial charge on any atom is 0.0429 e. The van der Waals surface area contributed by atoms with Crippen molar-refractivity contribution >= 4 is 15.9 Å². The zero-order valence-electron chi connectivity index (χ0n) is 9.54. The first-order chi connectivity index (χ1) is 7.18. The Morgan fingerprint density at radius 1 is 1.33 bits per heavy atom. The lowest BCUT2D eigenvalue weighted by Gasteiger charge is -2.15. The van der Waals surface area contributed by atoms with Crippen molar-refractivity contribution in [3.63, 3.8) is 0 Å². The molecule has 1 aliphatic rings. The molecule has 0 aromatic heterocycles. The normalized spacial score (nSPS) is 24.5. The minimum absolute atomic E-state index is 0.590. The van der Waals surface area contributed by atoms with E-state index >= 15 is 0 Å². The van der Waals surface area contributed by atoms with Gasteiger partial charge in [0.25, 0.3) is 0 Å². The predicted molar refractivity (Wildman–Crippen MR) is 69.4 cm³/mol. The summed E-state index contributed by atoms with van der Waals surface area (Å²) in [5.74, 6) is 1.64. The van der Waals surface area contributed by atoms with Gasteiger partial charge in [-0.25, -0.2) is 0 Å². The Labute approximate surface area is 101 Å². The first kappa shape index (κ1) is 11.2. The van der Waals surface area contributed by atoms with Crippen LogP contribution < -0.4 is 0 Å². The van der Waals surface area contributed by atoms with Gasteiger partial charge in [-0.05, 0) is 35.8 Å². The molecule has 1 aromatic carbocycles. The van der Waals surface area contributed by atoms with Crippen LogP contribution in [0.25, 0.3) is 0 Å². The molecule has 0 nitrogen and oxygen atoms in total. The molecule has 0 bridgehead atoms. The van der Waals surface area contributed by atoms with Crippen molar-refractivity contribution in [3.8, 4) is 0 Å². The minimum atomic E-state index is 0.590. The van der Waals surface area contributed by atoms with E-state index in [4.69, 9.17) is 0 Å². The number of benzene rings is 1. The highest BCUT2D eigenvalue weighted by Gasteiger charge is 2.29. The van der Waals surface area contributed by atoms with Gasteiger partial charge in [-0.3, -0.25) is 0 Å². The van der Waals surface area contributed by atoms with E-state index in [-0.39, 0.29) is 0 Å². The van der Waals surface area contributed by atoms with Crippen LogP contribution in [0.1, 0.15) is 42.6 Å². The molecular formula is C14H19Br. The molecule has 0 spiro atoms. The second-order valence-electron chi connectivity index (χ2n) is 5.04. The van der Waals surface area contributed by atoms with Gasteiger partial charge in [0.1, 0.15) is 0 Å². The van der Waals surface area contributed by atoms with Crippen LogP contribution in [0.4, 0.5) is 0 Å². The third kappa shape index (κ3) is 2.44. The fourth-order valence-electron chi connectivity index (χ4n) is 2.42. The Morgan fingerprint density at radius 3 is 2.73 bits per heavy atom. The fourth-order valence-corrected chi connectivity index (χ4v) is 3.32. The van der Waals surface area contributed by atoms with Gasteiger partial charge < -0.3 is 0 Å². The monoisotopic (exact) mass is 266 g/mol. The first-order valence-corrected chi connectivity index (χ1v) is 6.82. The van der Waals surface area contributed by atoms with Crippen molar-refractivity contribution in [2.24, 2.45) is 11.8 Å². The molecule has 0 N–H and O–H groups in total. The van der Waals surface area contributed by atoms with Crippen LogP contribution in [0.2, 0.25) is 0 Å². The standard InChI is InChI=1S/C14H19Br/c1-10(2)7-8-12-9-11-5-3-4-6-13(11)14(12)15/h3-6,10,12,14H,7-9H2,1-2H3. The largest absolute Gasteiger partial charge is 0.0836 e. The molecule has 0 fully saturated rings. The summed E-state index contributed by atoms with van der Waals surface area (Å²) in [5.41, 5.74) is 3.07. The fraction of sp³-hybridized carbons (Fsp3) is 0.571. The predicted octanol–water partition coefficient (Wildman–Crippen LogP) is 4.73. The molecule has 0 saturated heterocycles. The van der Waals surface area contributed by atoms with Crippen LogP contribution in [-0.2, 0) is 6.42 Å². The minimum Gasteiger partial charge on any atom is -0.0836 e. The highest BCUT2D eigenvalue weighted by Crippen LogP contribution is 2.44. The molecule has 2 unspecified atom stereocenters. The molecule has 1 aliphatic carbocycles. The Bertz CT molecular complexity index is 330. The van der Waals surface area contributed by atoms with E-state index in [0.717, 1.165) is 11.8 Å². The Hall–Kier alpha value is -0.300. The lowest BCUT2D eigenvalue weighted by atomic mass is 9.95. The summed E-state index contributed by atoms with van der Waals surface area (Å²) in [5, 5.41) is 0. The van der Waals surface area contributed by atoms with Crippen molar-refractivity contribution < 1.29 is 0 Å². The highest BCUT2D eigenvalue weighted by atomic mass is 79.9. The maximum atomic E-state index is 3.85. The molecule has 15 heavy (non-hydrogen) atoms. The number of fused-ring (bicyclic) bond motifs is 1. The van der Waals surface area contributed by atoms with Crippen molar-refractivity contribution in [1.82, 2.24) is 0 Å². The van der Waals surface area contributed by atoms with E-state index < -0.39 is 0 Å². The lowest BCUT2D eigenvalue weighted by molar-refractivity contribution is 0.437. The number of hydrogen-bond acceptors (Lipinski definition) is 0. The van der Waals surface area contributed by atoms with Gasteiger partial charge in [-0.2, -0.15) is 0 Å². The van der Waals surface area contributed by atoms with Crippen molar-refractivity contribution in [2.45, 2.75) is 37.9 Å². The van der Waals surface area contributed by atoms with Crippen LogP contribution >= 0.6 is 15.9 Å². The van der Waals surface area contributed by atoms with Gasteiger partial charge in [0, 0.05) is 4.83 Å². The van der Waals surface area contributed by atoms with Gasteiger partial charge in [0.05, 0.1) is 0 Å². The van der Waals surface area contributed by atoms with Crippen LogP contribution in [0.15, 0.2) is 24.3 Å². The Morgan fingerprint density at radius 2 is 2.07 bits per heavy atom. The maximum absolute atomic E-state index is 3.85. The summed E-state index contributed by atoms with van der Waals surface area (Å²) in [4.78, 5) is 0.590. The van der Waals surface area contributed by atoms with Crippen LogP contribution in [-0.4, -0.2) is 0 Å². The average molecular weight is 267 g/mol. The highest BCUT2D eigenvalue weighted by molar-refractivity contribution is 9.09. The zero-order chi connectivity index (χ0) is 10.8. The molecule has 82 valence electrons. The van der Waals surface area contributed by atoms with Crippen LogP contribution in [0, 0.1) is 11.8 Å². The molecule has 1 heteroatoms. The molecule has 2 rings (SSSR count). The van der Waals surface area contributed by atoms with Gasteiger partial charge in [-0.15, -0.1) is 0 Å². The number of hydrogen-bond donors (Lipinski definition) is 0. The molecule has 0 saturated carbocycles. The van der Waals surface area contributed by atoms with Gasteiger partial charge >= 0.3 is 0 Å². The van der Waals surface area contributed by atoms with Crippen LogP contribution in [0.3, 0.4) is 0 Å². The average Bonchev–Trinajstić information content (AvgIpc) is 2.54. The van der Waals surface area contributed by atoms with E-state index in [0.29, 0.717) is 4.83 Å². The molecule has 0 radical (unpaired) electrons. The van der Waals surface area contributed by atoms with Crippen molar-refractivity contribution in [3.05, 3.63) is 35.4 Å². The Kier molecular flexibility index (Phi) is 3.50. The summed E-state index contributed by atoms with van der Waals surface area (Å²) >= 11 is 3.85. The van der Waals surface area contributed by atoms with Crippen molar-refractivity contribution in [1.29, 1.82) is 0 Å². The van der Waals surface area contributed by atoms with E-state index in [9.17, 15) is 0 Å². The van der Waals surface area contributed by atoms with Crippen molar-refractivity contribution in [2.75, 3.05) is 0 Å². The number of rotatable bonds is 3. The van der Waals surface area contributed by atoms with Gasteiger partial charge in [0.15, 0.2) is 0 Å². The molecule has 2 atom stereocenters. The third-order valence-corrected chi connectivity index (χ3v) is 4.60. The summed E-state index contributed by atoms with van der Waals surface area (Å²) in [6, 6.07) is 8.85. The third-order valence-electron chi connectivity index (χ3n) is 3.36. The number of halogens is 1. The Balaban J connectivity index is 2.03. The molecule has 0 heterocycles. The summed E-state index contributed by atoms with van der Waals surface area (Å²) < 4.78 is 0. The summed E-state index contributed by atoms with van der Waals surface area (Å²) in [7, 11) is 0. The van der Waals surface area contributed by atoms with Crippen LogP contribution in [0.5, 0.6) is 0 Å². The van der Waals surface area contributed by atoms with E-state index in [2.05, 4.69) is 54.0 Å². The van der Waals surface area contributed by atoms with Gasteiger partial charge in [0.2, 0.25) is 0 Å². The summed E-state index contributed by atoms with van der Waals surface area (Å²) in [6.07, 6.45) is 3.96. The molecular weight excluding hydrogens is 248 g/mol. The first-order valence-electron chi connectivity index (χ1n) is 5.90. The lowest BCUT2D eigenvalue weighted by Crippen LogP contribution is -2.04. The SMILES string of the molecule is CC(C)CCC1Cc2ccccc2C1Br. The smallest absolute Gasteiger partial charge is 0.0429 e. The number of alkyl halides is 1. The van der Waals surface area contributed by atoms with E-state index in [1.165, 1.54) is 24.8 Å². The quantitative estimate of drug-likeness (QED) is 0.694. The van der Waals surface area contributed by atoms with E-state index in [1.54, 1.807) is 5.56 Å². The second kappa shape index (κ2) is 4.69. The van der Waals surface area contributed by atoms with E-state index in [1.807, 2.05) is 0 Å². The zero-order valence-corrected chi connectivity index (χ0v) is 11.1. The summed E-state index contributed by atoms with van der Waals surface area (Å²) in [6.45, 7) is 4.62. The molecule has 0 amide bonds.